The first-order chi connectivity index (χ1) is 11.2. The minimum absolute atomic E-state index is 0.0776. The van der Waals surface area contributed by atoms with Crippen LogP contribution in [0, 0.1) is 6.92 Å². The molecule has 24 heavy (non-hydrogen) atoms. The monoisotopic (exact) mass is 355 g/mol. The number of aryl methyl sites for hydroxylation is 1. The first-order valence-electron chi connectivity index (χ1n) is 7.97. The Bertz CT molecular complexity index is 685. The van der Waals surface area contributed by atoms with Crippen LogP contribution in [0.25, 0.3) is 0 Å². The summed E-state index contributed by atoms with van der Waals surface area (Å²) in [5.74, 6) is 0. The molecule has 0 radical (unpaired) electrons. The number of hydrogen-bond acceptors (Lipinski definition) is 4. The highest BCUT2D eigenvalue weighted by atomic mass is 32.2. The van der Waals surface area contributed by atoms with Crippen molar-refractivity contribution in [3.05, 3.63) is 23.8 Å². The summed E-state index contributed by atoms with van der Waals surface area (Å²) in [4.78, 5) is 13.9. The van der Waals surface area contributed by atoms with E-state index in [1.165, 1.54) is 0 Å². The van der Waals surface area contributed by atoms with Crippen LogP contribution in [0.2, 0.25) is 0 Å². The molecule has 0 aromatic heterocycles. The third kappa shape index (κ3) is 5.68. The van der Waals surface area contributed by atoms with E-state index in [2.05, 4.69) is 10.0 Å². The number of hydrogen-bond donors (Lipinski definition) is 2. The Balaban J connectivity index is 2.00. The fourth-order valence-corrected chi connectivity index (χ4v) is 3.14. The van der Waals surface area contributed by atoms with E-state index in [9.17, 15) is 13.2 Å². The molecule has 0 bridgehead atoms. The molecule has 0 saturated carbocycles. The molecular weight excluding hydrogens is 330 g/mol. The molecule has 1 aromatic carbocycles. The number of anilines is 2. The van der Waals surface area contributed by atoms with Crippen molar-refractivity contribution in [3.63, 3.8) is 0 Å². The van der Waals surface area contributed by atoms with Gasteiger partial charge in [-0.2, -0.15) is 0 Å². The molecule has 2 N–H and O–H groups in total. The molecule has 2 rings (SSSR count). The zero-order valence-electron chi connectivity index (χ0n) is 14.3. The number of benzene rings is 1. The third-order valence-corrected chi connectivity index (χ3v) is 4.49. The van der Waals surface area contributed by atoms with Gasteiger partial charge in [0.15, 0.2) is 0 Å². The van der Waals surface area contributed by atoms with E-state index in [0.717, 1.165) is 37.7 Å². The van der Waals surface area contributed by atoms with Gasteiger partial charge in [0.2, 0.25) is 10.0 Å². The molecule has 1 aromatic rings. The van der Waals surface area contributed by atoms with Crippen molar-refractivity contribution in [2.75, 3.05) is 36.5 Å². The summed E-state index contributed by atoms with van der Waals surface area (Å²) < 4.78 is 30.7. The third-order valence-electron chi connectivity index (χ3n) is 3.88. The Morgan fingerprint density at radius 3 is 2.75 bits per heavy atom. The van der Waals surface area contributed by atoms with Gasteiger partial charge in [0.1, 0.15) is 0 Å². The maximum Gasteiger partial charge on any atom is 0.321 e. The van der Waals surface area contributed by atoms with Crippen LogP contribution >= 0.6 is 0 Å². The van der Waals surface area contributed by atoms with Gasteiger partial charge in [0, 0.05) is 25.9 Å². The second kappa shape index (κ2) is 7.85. The van der Waals surface area contributed by atoms with Crippen molar-refractivity contribution in [3.8, 4) is 0 Å². The van der Waals surface area contributed by atoms with E-state index in [4.69, 9.17) is 4.74 Å². The summed E-state index contributed by atoms with van der Waals surface area (Å²) in [6.45, 7) is 3.13. The minimum atomic E-state index is -3.36. The second-order valence-electron chi connectivity index (χ2n) is 6.20. The molecule has 8 heteroatoms. The summed E-state index contributed by atoms with van der Waals surface area (Å²) in [5.41, 5.74) is 1.84. The average Bonchev–Trinajstić information content (AvgIpc) is 2.50. The Labute approximate surface area is 143 Å². The Hall–Kier alpha value is -1.80. The molecule has 7 nitrogen and oxygen atoms in total. The molecule has 134 valence electrons. The normalized spacial score (nSPS) is 18.0. The standard InChI is InChI=1S/C16H25N3O4S/c1-12-7-8-13(18-24(3,21)22)10-15(12)17-16(20)19(2)11-14-6-4-5-9-23-14/h7-8,10,14,18H,4-6,9,11H2,1-3H3,(H,17,20)/t14-/m1/s1. The molecule has 1 fully saturated rings. The maximum absolute atomic E-state index is 12.4. The zero-order valence-corrected chi connectivity index (χ0v) is 15.1. The van der Waals surface area contributed by atoms with Gasteiger partial charge in [-0.1, -0.05) is 6.07 Å². The lowest BCUT2D eigenvalue weighted by Gasteiger charge is -2.27. The van der Waals surface area contributed by atoms with Crippen LogP contribution in [-0.2, 0) is 14.8 Å². The van der Waals surface area contributed by atoms with Crippen molar-refractivity contribution in [1.29, 1.82) is 0 Å². The molecular formula is C16H25N3O4S. The molecule has 1 aliphatic heterocycles. The van der Waals surface area contributed by atoms with Gasteiger partial charge < -0.3 is 15.0 Å². The lowest BCUT2D eigenvalue weighted by molar-refractivity contribution is 0.00463. The highest BCUT2D eigenvalue weighted by Gasteiger charge is 2.19. The van der Waals surface area contributed by atoms with Crippen LogP contribution in [0.1, 0.15) is 24.8 Å². The predicted octanol–water partition coefficient (Wildman–Crippen LogP) is 2.40. The van der Waals surface area contributed by atoms with Gasteiger partial charge in [-0.05, 0) is 43.9 Å². The quantitative estimate of drug-likeness (QED) is 0.849. The van der Waals surface area contributed by atoms with Crippen LogP contribution < -0.4 is 10.0 Å². The molecule has 0 aliphatic carbocycles. The molecule has 1 aliphatic rings. The van der Waals surface area contributed by atoms with Gasteiger partial charge in [-0.15, -0.1) is 0 Å². The van der Waals surface area contributed by atoms with Gasteiger partial charge in [-0.25, -0.2) is 13.2 Å². The first kappa shape index (κ1) is 18.5. The van der Waals surface area contributed by atoms with Crippen molar-refractivity contribution in [2.45, 2.75) is 32.3 Å². The summed E-state index contributed by atoms with van der Waals surface area (Å²) in [5, 5.41) is 2.82. The number of nitrogens with zero attached hydrogens (tertiary/aromatic N) is 1. The van der Waals surface area contributed by atoms with Crippen LogP contribution in [-0.4, -0.2) is 51.9 Å². The van der Waals surface area contributed by atoms with Crippen molar-refractivity contribution in [1.82, 2.24) is 4.90 Å². The van der Waals surface area contributed by atoms with E-state index < -0.39 is 10.0 Å². The fraction of sp³-hybridized carbons (Fsp3) is 0.562. The van der Waals surface area contributed by atoms with Crippen LogP contribution in [0.4, 0.5) is 16.2 Å². The Kier molecular flexibility index (Phi) is 6.06. The average molecular weight is 355 g/mol. The van der Waals surface area contributed by atoms with Crippen molar-refractivity contribution >= 4 is 27.4 Å². The minimum Gasteiger partial charge on any atom is -0.376 e. The van der Waals surface area contributed by atoms with E-state index in [1.807, 2.05) is 6.92 Å². The lowest BCUT2D eigenvalue weighted by Crippen LogP contribution is -2.39. The maximum atomic E-state index is 12.4. The van der Waals surface area contributed by atoms with Crippen LogP contribution in [0.15, 0.2) is 18.2 Å². The Morgan fingerprint density at radius 1 is 1.38 bits per heavy atom. The number of sulfonamides is 1. The van der Waals surface area contributed by atoms with Crippen LogP contribution in [0.5, 0.6) is 0 Å². The summed E-state index contributed by atoms with van der Waals surface area (Å²) >= 11 is 0. The van der Waals surface area contributed by atoms with E-state index in [1.54, 1.807) is 30.1 Å². The molecule has 1 heterocycles. The molecule has 2 amide bonds. The topological polar surface area (TPSA) is 87.7 Å². The SMILES string of the molecule is Cc1ccc(NS(C)(=O)=O)cc1NC(=O)N(C)C[C@H]1CCCCO1. The highest BCUT2D eigenvalue weighted by molar-refractivity contribution is 7.92. The van der Waals surface area contributed by atoms with Gasteiger partial charge in [-0.3, -0.25) is 4.72 Å². The number of urea groups is 1. The number of ether oxygens (including phenoxy) is 1. The van der Waals surface area contributed by atoms with E-state index in [0.29, 0.717) is 17.9 Å². The number of carbonyl (C=O) groups is 1. The number of nitrogens with one attached hydrogen (secondary N) is 2. The summed E-state index contributed by atoms with van der Waals surface area (Å²) in [7, 11) is -1.64. The van der Waals surface area contributed by atoms with Crippen molar-refractivity contribution in [2.24, 2.45) is 0 Å². The molecule has 0 spiro atoms. The predicted molar refractivity (Wildman–Crippen MR) is 94.9 cm³/mol. The highest BCUT2D eigenvalue weighted by Crippen LogP contribution is 2.21. The molecule has 1 atom stereocenters. The summed E-state index contributed by atoms with van der Waals surface area (Å²) in [6.07, 6.45) is 4.33. The molecule has 1 saturated heterocycles. The lowest BCUT2D eigenvalue weighted by atomic mass is 10.1. The second-order valence-corrected chi connectivity index (χ2v) is 7.95. The molecule has 0 unspecified atom stereocenters. The van der Waals surface area contributed by atoms with Gasteiger partial charge in [0.25, 0.3) is 0 Å². The van der Waals surface area contributed by atoms with Crippen LogP contribution in [0.3, 0.4) is 0 Å². The van der Waals surface area contributed by atoms with Crippen molar-refractivity contribution < 1.29 is 17.9 Å². The summed E-state index contributed by atoms with van der Waals surface area (Å²) in [6, 6.07) is 4.78. The largest absolute Gasteiger partial charge is 0.376 e. The Morgan fingerprint density at radius 2 is 2.12 bits per heavy atom. The zero-order chi connectivity index (χ0) is 17.7. The number of rotatable bonds is 5. The van der Waals surface area contributed by atoms with E-state index in [-0.39, 0.29) is 12.1 Å². The fourth-order valence-electron chi connectivity index (χ4n) is 2.58. The van der Waals surface area contributed by atoms with Gasteiger partial charge in [0.05, 0.1) is 18.0 Å². The smallest absolute Gasteiger partial charge is 0.321 e. The number of amides is 2. The van der Waals surface area contributed by atoms with E-state index >= 15 is 0 Å². The number of likely N-dealkylation sites (N-methyl/N-ethyl adjacent to an activating group) is 1. The van der Waals surface area contributed by atoms with Gasteiger partial charge >= 0.3 is 6.03 Å². The number of carbonyl (C=O) groups excluding carboxylic acids is 1. The first-order valence-corrected chi connectivity index (χ1v) is 9.86.